The number of amides is 2. The zero-order chi connectivity index (χ0) is 21.8. The second kappa shape index (κ2) is 8.56. The van der Waals surface area contributed by atoms with Crippen molar-refractivity contribution >= 4 is 17.5 Å². The van der Waals surface area contributed by atoms with E-state index in [1.807, 2.05) is 30.7 Å². The van der Waals surface area contributed by atoms with Gasteiger partial charge in [0.15, 0.2) is 0 Å². The molecule has 0 aliphatic heterocycles. The molecule has 1 heterocycles. The summed E-state index contributed by atoms with van der Waals surface area (Å²) in [6.45, 7) is 5.95. The fourth-order valence-electron chi connectivity index (χ4n) is 3.08. The number of carbonyl (C=O) groups is 2. The van der Waals surface area contributed by atoms with Crippen LogP contribution < -0.4 is 10.9 Å². The van der Waals surface area contributed by atoms with Crippen LogP contribution in [0.5, 0.6) is 0 Å². The van der Waals surface area contributed by atoms with Crippen molar-refractivity contribution in [3.05, 3.63) is 92.3 Å². The number of nitro benzene ring substituents is 1. The monoisotopic (exact) mass is 407 g/mol. The standard InChI is InChI=1S/C21H21N5O4/c1-13-9-18(7-8-19(13)26(29)30)21(28)23-22-20(27)17-6-4-5-16(11-17)12-25-15(3)10-14(2)24-25/h4-11H,12H2,1-3H3,(H,22,27)(H,23,28). The second-order valence-corrected chi connectivity index (χ2v) is 6.95. The number of rotatable bonds is 5. The number of hydrazine groups is 1. The molecule has 3 rings (SSSR count). The van der Waals surface area contributed by atoms with E-state index in [1.54, 1.807) is 25.1 Å². The first kappa shape index (κ1) is 20.7. The highest BCUT2D eigenvalue weighted by Gasteiger charge is 2.15. The molecule has 1 aromatic heterocycles. The summed E-state index contributed by atoms with van der Waals surface area (Å²) in [5.41, 5.74) is 8.40. The maximum Gasteiger partial charge on any atom is 0.272 e. The van der Waals surface area contributed by atoms with Crippen LogP contribution in [0.4, 0.5) is 5.69 Å². The van der Waals surface area contributed by atoms with Gasteiger partial charge in [0.05, 0.1) is 17.2 Å². The number of nitrogens with one attached hydrogen (secondary N) is 2. The molecule has 0 spiro atoms. The molecule has 3 aromatic rings. The van der Waals surface area contributed by atoms with Crippen molar-refractivity contribution in [2.75, 3.05) is 0 Å². The van der Waals surface area contributed by atoms with Gasteiger partial charge in [-0.25, -0.2) is 0 Å². The molecule has 154 valence electrons. The third kappa shape index (κ3) is 4.69. The Kier molecular flexibility index (Phi) is 5.91. The molecule has 9 heteroatoms. The molecule has 0 saturated heterocycles. The van der Waals surface area contributed by atoms with Crippen molar-refractivity contribution in [1.82, 2.24) is 20.6 Å². The molecule has 30 heavy (non-hydrogen) atoms. The summed E-state index contributed by atoms with van der Waals surface area (Å²) >= 11 is 0. The van der Waals surface area contributed by atoms with E-state index in [9.17, 15) is 19.7 Å². The third-order valence-corrected chi connectivity index (χ3v) is 4.57. The Balaban J connectivity index is 1.65. The lowest BCUT2D eigenvalue weighted by Gasteiger charge is -2.10. The molecule has 2 amide bonds. The summed E-state index contributed by atoms with van der Waals surface area (Å²) in [4.78, 5) is 35.0. The molecule has 0 atom stereocenters. The molecular weight excluding hydrogens is 386 g/mol. The highest BCUT2D eigenvalue weighted by Crippen LogP contribution is 2.18. The van der Waals surface area contributed by atoms with E-state index in [2.05, 4.69) is 16.0 Å². The minimum atomic E-state index is -0.569. The highest BCUT2D eigenvalue weighted by atomic mass is 16.6. The zero-order valence-corrected chi connectivity index (χ0v) is 16.8. The second-order valence-electron chi connectivity index (χ2n) is 6.95. The van der Waals surface area contributed by atoms with Gasteiger partial charge >= 0.3 is 0 Å². The van der Waals surface area contributed by atoms with Crippen LogP contribution in [0.1, 0.15) is 43.2 Å². The molecule has 0 bridgehead atoms. The summed E-state index contributed by atoms with van der Waals surface area (Å²) < 4.78 is 1.85. The summed E-state index contributed by atoms with van der Waals surface area (Å²) in [5, 5.41) is 15.3. The average molecular weight is 407 g/mol. The van der Waals surface area contributed by atoms with Gasteiger partial charge in [0.25, 0.3) is 17.5 Å². The first-order valence-corrected chi connectivity index (χ1v) is 9.20. The van der Waals surface area contributed by atoms with Crippen molar-refractivity contribution in [3.8, 4) is 0 Å². The summed E-state index contributed by atoms with van der Waals surface area (Å²) in [5.74, 6) is -1.04. The molecular formula is C21H21N5O4. The number of hydrogen-bond acceptors (Lipinski definition) is 5. The Hall–Kier alpha value is -4.01. The van der Waals surface area contributed by atoms with Gasteiger partial charge in [0.2, 0.25) is 0 Å². The predicted octanol–water partition coefficient (Wildman–Crippen LogP) is 2.84. The van der Waals surface area contributed by atoms with Crippen molar-refractivity contribution < 1.29 is 14.5 Å². The van der Waals surface area contributed by atoms with E-state index in [4.69, 9.17) is 0 Å². The van der Waals surface area contributed by atoms with Crippen LogP contribution >= 0.6 is 0 Å². The van der Waals surface area contributed by atoms with Gasteiger partial charge in [0, 0.05) is 28.5 Å². The quantitative estimate of drug-likeness (QED) is 0.498. The zero-order valence-electron chi connectivity index (χ0n) is 16.8. The smallest absolute Gasteiger partial charge is 0.267 e. The predicted molar refractivity (Wildman–Crippen MR) is 110 cm³/mol. The lowest BCUT2D eigenvalue weighted by Crippen LogP contribution is -2.41. The number of hydrogen-bond donors (Lipinski definition) is 2. The van der Waals surface area contributed by atoms with Crippen molar-refractivity contribution in [2.45, 2.75) is 27.3 Å². The minimum absolute atomic E-state index is 0.0741. The van der Waals surface area contributed by atoms with Gasteiger partial charge in [-0.15, -0.1) is 0 Å². The maximum absolute atomic E-state index is 12.4. The fourth-order valence-corrected chi connectivity index (χ4v) is 3.08. The number of aromatic nitrogens is 2. The first-order chi connectivity index (χ1) is 14.2. The van der Waals surface area contributed by atoms with E-state index in [-0.39, 0.29) is 11.3 Å². The Morgan fingerprint density at radius 2 is 1.67 bits per heavy atom. The molecule has 0 aliphatic rings. The van der Waals surface area contributed by atoms with Crippen molar-refractivity contribution in [2.24, 2.45) is 0 Å². The van der Waals surface area contributed by atoms with Gasteiger partial charge in [-0.2, -0.15) is 5.10 Å². The molecule has 0 aliphatic carbocycles. The Bertz CT molecular complexity index is 1140. The molecule has 2 aromatic carbocycles. The van der Waals surface area contributed by atoms with Gasteiger partial charge in [0.1, 0.15) is 0 Å². The average Bonchev–Trinajstić information content (AvgIpc) is 3.02. The number of carbonyl (C=O) groups excluding carboxylic acids is 2. The highest BCUT2D eigenvalue weighted by molar-refractivity contribution is 5.99. The molecule has 2 N–H and O–H groups in total. The Labute approximate surface area is 172 Å². The van der Waals surface area contributed by atoms with Crippen molar-refractivity contribution in [3.63, 3.8) is 0 Å². The van der Waals surface area contributed by atoms with Crippen LogP contribution in [0.3, 0.4) is 0 Å². The Morgan fingerprint density at radius 1 is 1.00 bits per heavy atom. The summed E-state index contributed by atoms with van der Waals surface area (Å²) in [6, 6.07) is 13.0. The van der Waals surface area contributed by atoms with Crippen LogP contribution in [-0.4, -0.2) is 26.5 Å². The summed E-state index contributed by atoms with van der Waals surface area (Å²) in [7, 11) is 0. The molecule has 0 fully saturated rings. The SMILES string of the molecule is Cc1cc(C)n(Cc2cccc(C(=O)NNC(=O)c3ccc([N+](=O)[O-])c(C)c3)c2)n1. The van der Waals surface area contributed by atoms with Crippen LogP contribution in [0.25, 0.3) is 0 Å². The molecule has 9 nitrogen and oxygen atoms in total. The van der Waals surface area contributed by atoms with Gasteiger partial charge in [-0.1, -0.05) is 12.1 Å². The number of nitrogens with zero attached hydrogens (tertiary/aromatic N) is 3. The van der Waals surface area contributed by atoms with E-state index in [0.29, 0.717) is 17.7 Å². The van der Waals surface area contributed by atoms with Gasteiger partial charge in [-0.3, -0.25) is 35.2 Å². The van der Waals surface area contributed by atoms with Crippen LogP contribution in [0, 0.1) is 30.9 Å². The number of aryl methyl sites for hydroxylation is 3. The van der Waals surface area contributed by atoms with Gasteiger partial charge < -0.3 is 0 Å². The fraction of sp³-hybridized carbons (Fsp3) is 0.190. The van der Waals surface area contributed by atoms with E-state index < -0.39 is 16.7 Å². The first-order valence-electron chi connectivity index (χ1n) is 9.20. The largest absolute Gasteiger partial charge is 0.272 e. The van der Waals surface area contributed by atoms with E-state index in [1.165, 1.54) is 18.2 Å². The van der Waals surface area contributed by atoms with E-state index in [0.717, 1.165) is 17.0 Å². The molecule has 0 unspecified atom stereocenters. The van der Waals surface area contributed by atoms with Crippen LogP contribution in [0.15, 0.2) is 48.5 Å². The Morgan fingerprint density at radius 3 is 2.23 bits per heavy atom. The summed E-state index contributed by atoms with van der Waals surface area (Å²) in [6.07, 6.45) is 0. The number of benzene rings is 2. The van der Waals surface area contributed by atoms with Gasteiger partial charge in [-0.05, 0) is 56.7 Å². The third-order valence-electron chi connectivity index (χ3n) is 4.57. The lowest BCUT2D eigenvalue weighted by atomic mass is 10.1. The topological polar surface area (TPSA) is 119 Å². The molecule has 0 radical (unpaired) electrons. The lowest BCUT2D eigenvalue weighted by molar-refractivity contribution is -0.385. The minimum Gasteiger partial charge on any atom is -0.267 e. The number of nitro groups is 1. The van der Waals surface area contributed by atoms with Crippen LogP contribution in [-0.2, 0) is 6.54 Å². The van der Waals surface area contributed by atoms with Crippen molar-refractivity contribution in [1.29, 1.82) is 0 Å². The van der Waals surface area contributed by atoms with Crippen LogP contribution in [0.2, 0.25) is 0 Å². The maximum atomic E-state index is 12.4. The molecule has 0 saturated carbocycles. The van der Waals surface area contributed by atoms with E-state index >= 15 is 0 Å². The normalized spacial score (nSPS) is 10.5.